The van der Waals surface area contributed by atoms with Gasteiger partial charge in [0.2, 0.25) is 53.2 Å². The number of ether oxygens (including phenoxy) is 2. The van der Waals surface area contributed by atoms with Gasteiger partial charge in [-0.1, -0.05) is 0 Å². The average molecular weight is 1060 g/mol. The second-order valence-corrected chi connectivity index (χ2v) is 15.3. The third-order valence-electron chi connectivity index (χ3n) is 9.02. The van der Waals surface area contributed by atoms with Gasteiger partial charge in [0.1, 0.15) is 11.3 Å². The molecular formula is C36H56F9N9O13S2. The molecule has 11 amide bonds. The zero-order valence-electron chi connectivity index (χ0n) is 37.5. The van der Waals surface area contributed by atoms with Gasteiger partial charge < -0.3 is 46.7 Å². The second kappa shape index (κ2) is 42.4. The molecule has 0 saturated carbocycles. The molecule has 2 saturated heterocycles. The summed E-state index contributed by atoms with van der Waals surface area (Å²) in [5.74, 6) is -4.95. The Morgan fingerprint density at radius 1 is 0.594 bits per heavy atom. The van der Waals surface area contributed by atoms with E-state index in [2.05, 4.69) is 37.2 Å². The van der Waals surface area contributed by atoms with Crippen molar-refractivity contribution in [1.29, 1.82) is 0 Å². The van der Waals surface area contributed by atoms with Crippen molar-refractivity contribution in [3.63, 3.8) is 0 Å². The predicted octanol–water partition coefficient (Wildman–Crippen LogP) is 2.12. The summed E-state index contributed by atoms with van der Waals surface area (Å²) in [6.07, 6.45) is -0.339. The number of unbranched alkanes of at least 4 members (excludes halogenated alkanes) is 1. The highest BCUT2D eigenvalue weighted by Gasteiger charge is 2.40. The minimum absolute atomic E-state index is 0.0124. The number of hydrogen-bond donors (Lipinski definition) is 7. The summed E-state index contributed by atoms with van der Waals surface area (Å²) >= 11 is 1.03. The number of alkyl carbamates (subject to hydrolysis) is 2. The molecule has 2 fully saturated rings. The summed E-state index contributed by atoms with van der Waals surface area (Å²) in [6.45, 7) is 3.14. The number of amides is 11. The molecule has 2 heterocycles. The molecule has 4 unspecified atom stereocenters. The predicted molar refractivity (Wildman–Crippen MR) is 227 cm³/mol. The Bertz CT molecular complexity index is 1550. The Labute approximate surface area is 397 Å². The van der Waals surface area contributed by atoms with E-state index < -0.39 is 89.0 Å². The lowest BCUT2D eigenvalue weighted by atomic mass is 10.1. The monoisotopic (exact) mass is 1060 g/mol. The first kappa shape index (κ1) is 67.5. The minimum Gasteiger partial charge on any atom is -0.450 e. The van der Waals surface area contributed by atoms with Crippen LogP contribution in [-0.2, 0) is 52.6 Å². The second-order valence-electron chi connectivity index (χ2n) is 13.6. The number of carbonyl (C=O) groups excluding carboxylic acids is 11. The van der Waals surface area contributed by atoms with E-state index in [9.17, 15) is 56.6 Å². The molecule has 0 bridgehead atoms. The summed E-state index contributed by atoms with van der Waals surface area (Å²) in [5.41, 5.74) is 0. The molecule has 33 heteroatoms. The maximum Gasteiger partial charge on any atom is 0.407 e. The third-order valence-corrected chi connectivity index (χ3v) is 10.5. The van der Waals surface area contributed by atoms with Crippen molar-refractivity contribution in [3.05, 3.63) is 0 Å². The molecule has 0 radical (unpaired) electrons. The van der Waals surface area contributed by atoms with E-state index in [0.29, 0.717) is 12.8 Å². The normalized spacial score (nSPS) is 15.4. The molecule has 69 heavy (non-hydrogen) atoms. The Hall–Kier alpha value is -5.76. The van der Waals surface area contributed by atoms with Crippen LogP contribution in [0.2, 0.25) is 0 Å². The summed E-state index contributed by atoms with van der Waals surface area (Å²) in [7, 11) is 0. The number of nitrogens with zero attached hydrogens (tertiary/aromatic N) is 2. The van der Waals surface area contributed by atoms with E-state index in [1.165, 1.54) is 11.8 Å². The van der Waals surface area contributed by atoms with Crippen LogP contribution in [0.3, 0.4) is 0 Å². The van der Waals surface area contributed by atoms with E-state index in [0.717, 1.165) is 9.80 Å². The van der Waals surface area contributed by atoms with Crippen molar-refractivity contribution >= 4 is 89.3 Å². The summed E-state index contributed by atoms with van der Waals surface area (Å²) in [5, 5.41) is 16.3. The lowest BCUT2D eigenvalue weighted by Gasteiger charge is -2.23. The molecule has 0 aromatic heterocycles. The molecule has 7 N–H and O–H groups in total. The van der Waals surface area contributed by atoms with Crippen LogP contribution in [0.5, 0.6) is 0 Å². The van der Waals surface area contributed by atoms with Gasteiger partial charge in [-0.3, -0.25) is 53.0 Å². The molecule has 22 nitrogen and oxygen atoms in total. The fourth-order valence-electron chi connectivity index (χ4n) is 5.94. The maximum atomic E-state index is 13.5. The summed E-state index contributed by atoms with van der Waals surface area (Å²) < 4.78 is 86.6. The largest absolute Gasteiger partial charge is 0.450 e. The quantitative estimate of drug-likeness (QED) is 0.0336. The Morgan fingerprint density at radius 2 is 1.01 bits per heavy atom. The van der Waals surface area contributed by atoms with Crippen LogP contribution in [-0.4, -0.2) is 163 Å². The zero-order valence-corrected chi connectivity index (χ0v) is 39.1. The van der Waals surface area contributed by atoms with Crippen molar-refractivity contribution in [2.45, 2.75) is 94.2 Å². The number of halogens is 9. The van der Waals surface area contributed by atoms with Crippen LogP contribution < -0.4 is 37.2 Å². The van der Waals surface area contributed by atoms with E-state index in [1.54, 1.807) is 20.1 Å². The topological polar surface area (TPSA) is 297 Å². The van der Waals surface area contributed by atoms with Gasteiger partial charge in [0.05, 0.1) is 37.0 Å². The first-order valence-corrected chi connectivity index (χ1v) is 22.5. The first-order valence-electron chi connectivity index (χ1n) is 20.4. The van der Waals surface area contributed by atoms with Gasteiger partial charge >= 0.3 is 12.2 Å². The average Bonchev–Trinajstić information content (AvgIpc) is 3.79. The molecule has 398 valence electrons. The Morgan fingerprint density at radius 3 is 1.42 bits per heavy atom. The number of rotatable bonds is 28. The minimum atomic E-state index is -1.16. The van der Waals surface area contributed by atoms with Gasteiger partial charge in [-0.05, 0) is 39.4 Å². The number of hydrogen-bond acceptors (Lipinski definition) is 15. The Kier molecular flexibility index (Phi) is 41.4. The van der Waals surface area contributed by atoms with Crippen molar-refractivity contribution in [3.8, 4) is 0 Å². The van der Waals surface area contributed by atoms with Gasteiger partial charge in [0, 0.05) is 121 Å². The van der Waals surface area contributed by atoms with Gasteiger partial charge in [-0.15, -0.1) is 0 Å². The standard InChI is InChI=1S/C36H56FN9O13S2.4F2/c1-4-58-35(56)42-11-7-6-8-23(44-36(57)59-5-2)32(53)43-22(18-28(49)40-14-12-38-26(47)9-16-45-30(51)20-24(60-3)33(45)54)19-29(50)41-15-13-39-27(48)10-17-46-31(52)21-25(61-37)34(46)55;4*1-2/h22-25H,4-21H2,1-3H3,(H,38,47)(H,39,48)(H,40,49)(H,41,50)(H,42,56)(H,43,53)(H,44,57);;;;. The van der Waals surface area contributed by atoms with Crippen LogP contribution >= 0.6 is 23.9 Å². The number of imide groups is 2. The van der Waals surface area contributed by atoms with E-state index in [1.807, 2.05) is 0 Å². The summed E-state index contributed by atoms with van der Waals surface area (Å²) in [6, 6.07) is -2.28. The van der Waals surface area contributed by atoms with Crippen LogP contribution in [0, 0.1) is 0 Å². The van der Waals surface area contributed by atoms with Crippen LogP contribution in [0.1, 0.15) is 71.6 Å². The van der Waals surface area contributed by atoms with Crippen molar-refractivity contribution in [2.24, 2.45) is 0 Å². The number of carbonyl (C=O) groups is 11. The molecule has 4 atom stereocenters. The zero-order chi connectivity index (χ0) is 53.3. The van der Waals surface area contributed by atoms with Crippen molar-refractivity contribution in [1.82, 2.24) is 47.0 Å². The Balaban J connectivity index is -0.00000515. The van der Waals surface area contributed by atoms with Gasteiger partial charge in [-0.2, -0.15) is 15.6 Å². The number of thioether (sulfide) groups is 1. The lowest BCUT2D eigenvalue weighted by Crippen LogP contribution is -2.51. The smallest absolute Gasteiger partial charge is 0.407 e. The fourth-order valence-corrected chi connectivity index (χ4v) is 6.99. The SMILES string of the molecule is CCOC(=O)NCCCCC(NC(=O)OCC)C(=O)NC(CC(=O)NCCNC(=O)CCN1C(=O)CC(SC)C1=O)CC(=O)NCCNC(=O)CCN1C(=O)CC(SF)C1=O.FF.FF.FF.FF. The number of nitrogens with one attached hydrogen (secondary N) is 7. The van der Waals surface area contributed by atoms with E-state index in [4.69, 9.17) is 46.1 Å². The molecule has 0 spiro atoms. The number of likely N-dealkylation sites (tertiary alicyclic amines) is 2. The fraction of sp³-hybridized carbons (Fsp3) is 0.694. The molecular weight excluding hydrogens is 1000 g/mol. The maximum absolute atomic E-state index is 13.5. The molecule has 0 aromatic carbocycles. The van der Waals surface area contributed by atoms with Gasteiger partial charge in [-0.25, -0.2) is 9.59 Å². The third kappa shape index (κ3) is 29.0. The van der Waals surface area contributed by atoms with E-state index >= 15 is 0 Å². The molecule has 2 aliphatic rings. The highest BCUT2D eigenvalue weighted by atomic mass is 32.2. The van der Waals surface area contributed by atoms with Crippen LogP contribution in [0.4, 0.5) is 50.1 Å². The van der Waals surface area contributed by atoms with Crippen molar-refractivity contribution in [2.75, 3.05) is 65.3 Å². The first-order chi connectivity index (χ1) is 33.1. The molecule has 0 aliphatic carbocycles. The lowest BCUT2D eigenvalue weighted by molar-refractivity contribution is -0.140. The van der Waals surface area contributed by atoms with Crippen LogP contribution in [0.15, 0.2) is 0 Å². The van der Waals surface area contributed by atoms with Crippen LogP contribution in [0.25, 0.3) is 0 Å². The van der Waals surface area contributed by atoms with Gasteiger partial charge in [0.15, 0.2) is 0 Å². The molecule has 2 rings (SSSR count). The summed E-state index contributed by atoms with van der Waals surface area (Å²) in [4.78, 5) is 138. The molecule has 0 aromatic rings. The van der Waals surface area contributed by atoms with E-state index in [-0.39, 0.29) is 115 Å². The molecule has 2 aliphatic heterocycles. The highest BCUT2D eigenvalue weighted by molar-refractivity contribution is 8.00. The van der Waals surface area contributed by atoms with Crippen molar-refractivity contribution < 1.29 is 103 Å². The van der Waals surface area contributed by atoms with Gasteiger partial charge in [0.25, 0.3) is 0 Å². The highest BCUT2D eigenvalue weighted by Crippen LogP contribution is 2.26.